The molecule has 0 saturated carbocycles. The molecule has 4 aromatic carbocycles. The zero-order valence-electron chi connectivity index (χ0n) is 19.8. The van der Waals surface area contributed by atoms with Gasteiger partial charge in [0, 0.05) is 12.1 Å². The van der Waals surface area contributed by atoms with Crippen molar-refractivity contribution in [2.24, 2.45) is 0 Å². The van der Waals surface area contributed by atoms with Crippen molar-refractivity contribution in [1.82, 2.24) is 9.55 Å². The summed E-state index contributed by atoms with van der Waals surface area (Å²) < 4.78 is 7.21. The van der Waals surface area contributed by atoms with Gasteiger partial charge in [0.25, 0.3) is 11.2 Å². The normalized spacial score (nSPS) is 11.2. The van der Waals surface area contributed by atoms with Crippen LogP contribution in [0.5, 0.6) is 5.75 Å². The molecule has 38 heavy (non-hydrogen) atoms. The predicted octanol–water partition coefficient (Wildman–Crippen LogP) is 7.35. The molecule has 0 fully saturated rings. The molecule has 0 amide bonds. The summed E-state index contributed by atoms with van der Waals surface area (Å²) in [5.74, 6) is 1.01. The number of hydrogen-bond acceptors (Lipinski definition) is 5. The highest BCUT2D eigenvalue weighted by Crippen LogP contribution is 2.24. The largest absolute Gasteiger partial charge is 0.489 e. The molecule has 0 aliphatic carbocycles. The molecular formula is C29H19Cl2N3O4. The van der Waals surface area contributed by atoms with Crippen LogP contribution in [0.1, 0.15) is 17.0 Å². The van der Waals surface area contributed by atoms with Gasteiger partial charge in [-0.05, 0) is 59.7 Å². The van der Waals surface area contributed by atoms with E-state index >= 15 is 0 Å². The second kappa shape index (κ2) is 10.9. The minimum absolute atomic E-state index is 0.117. The Labute approximate surface area is 227 Å². The summed E-state index contributed by atoms with van der Waals surface area (Å²) in [7, 11) is 0. The van der Waals surface area contributed by atoms with E-state index in [1.165, 1.54) is 16.7 Å². The minimum Gasteiger partial charge on any atom is -0.489 e. The first-order valence-electron chi connectivity index (χ1n) is 11.5. The molecule has 5 rings (SSSR count). The second-order valence-electron chi connectivity index (χ2n) is 8.34. The number of nitrogens with zero attached hydrogens (tertiary/aromatic N) is 3. The molecule has 0 atom stereocenters. The number of aromatic nitrogens is 2. The lowest BCUT2D eigenvalue weighted by Crippen LogP contribution is -2.22. The van der Waals surface area contributed by atoms with E-state index in [2.05, 4.69) is 4.98 Å². The van der Waals surface area contributed by atoms with Gasteiger partial charge in [-0.1, -0.05) is 65.7 Å². The molecule has 0 saturated heterocycles. The molecule has 5 aromatic rings. The highest BCUT2D eigenvalue weighted by molar-refractivity contribution is 6.42. The fourth-order valence-corrected chi connectivity index (χ4v) is 4.22. The molecule has 0 unspecified atom stereocenters. The summed E-state index contributed by atoms with van der Waals surface area (Å²) in [4.78, 5) is 28.9. The molecule has 9 heteroatoms. The Bertz CT molecular complexity index is 1750. The zero-order valence-corrected chi connectivity index (χ0v) is 21.3. The number of ether oxygens (including phenoxy) is 1. The Morgan fingerprint density at radius 2 is 1.68 bits per heavy atom. The third-order valence-electron chi connectivity index (χ3n) is 5.79. The summed E-state index contributed by atoms with van der Waals surface area (Å²) in [6.07, 6.45) is 3.52. The molecule has 0 spiro atoms. The van der Waals surface area contributed by atoms with E-state index in [9.17, 15) is 14.9 Å². The Balaban J connectivity index is 1.44. The van der Waals surface area contributed by atoms with Crippen LogP contribution < -0.4 is 10.3 Å². The molecular weight excluding hydrogens is 525 g/mol. The second-order valence-corrected chi connectivity index (χ2v) is 9.16. The first-order chi connectivity index (χ1) is 18.4. The van der Waals surface area contributed by atoms with Crippen LogP contribution in [0.2, 0.25) is 10.0 Å². The van der Waals surface area contributed by atoms with E-state index < -0.39 is 4.92 Å². The van der Waals surface area contributed by atoms with Gasteiger partial charge in [-0.15, -0.1) is 0 Å². The van der Waals surface area contributed by atoms with Crippen LogP contribution in [0.25, 0.3) is 28.7 Å². The third kappa shape index (κ3) is 5.44. The van der Waals surface area contributed by atoms with Gasteiger partial charge in [-0.25, -0.2) is 4.98 Å². The van der Waals surface area contributed by atoms with Crippen LogP contribution in [0.15, 0.2) is 95.8 Å². The number of fused-ring (bicyclic) bond motifs is 1. The lowest BCUT2D eigenvalue weighted by molar-refractivity contribution is -0.384. The summed E-state index contributed by atoms with van der Waals surface area (Å²) in [6.45, 7) is 0.336. The third-order valence-corrected chi connectivity index (χ3v) is 6.53. The van der Waals surface area contributed by atoms with E-state index in [1.807, 2.05) is 36.4 Å². The van der Waals surface area contributed by atoms with Gasteiger partial charge in [0.15, 0.2) is 0 Å². The number of nitro groups is 1. The Kier molecular flexibility index (Phi) is 7.22. The number of benzene rings is 4. The standard InChI is InChI=1S/C29H19Cl2N3O4/c30-25-14-10-20(16-26(25)31)18-38-23-12-8-19(9-13-23)11-15-28-32-27-7-2-1-6-24(27)29(35)33(28)21-4-3-5-22(17-21)34(36)37/h1-17H,18H2/b15-11+. The smallest absolute Gasteiger partial charge is 0.271 e. The van der Waals surface area contributed by atoms with Crippen LogP contribution in [0, 0.1) is 10.1 Å². The Morgan fingerprint density at radius 3 is 2.45 bits per heavy atom. The molecule has 1 heterocycles. The maximum absolute atomic E-state index is 13.4. The molecule has 1 aromatic heterocycles. The number of hydrogen-bond donors (Lipinski definition) is 0. The highest BCUT2D eigenvalue weighted by atomic mass is 35.5. The van der Waals surface area contributed by atoms with Gasteiger partial charge in [0.2, 0.25) is 0 Å². The van der Waals surface area contributed by atoms with Crippen molar-refractivity contribution >= 4 is 51.9 Å². The zero-order chi connectivity index (χ0) is 26.6. The van der Waals surface area contributed by atoms with E-state index in [-0.39, 0.29) is 11.2 Å². The molecule has 0 bridgehead atoms. The summed E-state index contributed by atoms with van der Waals surface area (Å²) >= 11 is 12.0. The van der Waals surface area contributed by atoms with Crippen LogP contribution in [0.3, 0.4) is 0 Å². The highest BCUT2D eigenvalue weighted by Gasteiger charge is 2.14. The number of para-hydroxylation sites is 1. The Morgan fingerprint density at radius 1 is 0.895 bits per heavy atom. The monoisotopic (exact) mass is 543 g/mol. The van der Waals surface area contributed by atoms with Gasteiger partial charge < -0.3 is 4.74 Å². The first-order valence-corrected chi connectivity index (χ1v) is 12.3. The van der Waals surface area contributed by atoms with E-state index in [4.69, 9.17) is 27.9 Å². The molecule has 0 radical (unpaired) electrons. The van der Waals surface area contributed by atoms with Gasteiger partial charge in [0.1, 0.15) is 18.2 Å². The van der Waals surface area contributed by atoms with Gasteiger partial charge in [0.05, 0.1) is 31.6 Å². The van der Waals surface area contributed by atoms with Crippen molar-refractivity contribution in [2.45, 2.75) is 6.61 Å². The van der Waals surface area contributed by atoms with Crippen LogP contribution in [0.4, 0.5) is 5.69 Å². The summed E-state index contributed by atoms with van der Waals surface area (Å²) in [5.41, 5.74) is 2.19. The quantitative estimate of drug-likeness (QED) is 0.158. The fourth-order valence-electron chi connectivity index (χ4n) is 3.90. The number of nitro benzene ring substituents is 1. The summed E-state index contributed by atoms with van der Waals surface area (Å²) in [5, 5.41) is 12.7. The fraction of sp³-hybridized carbons (Fsp3) is 0.0345. The minimum atomic E-state index is -0.496. The van der Waals surface area contributed by atoms with E-state index in [0.717, 1.165) is 11.1 Å². The lowest BCUT2D eigenvalue weighted by atomic mass is 10.2. The average molecular weight is 544 g/mol. The topological polar surface area (TPSA) is 87.3 Å². The maximum Gasteiger partial charge on any atom is 0.271 e. The first kappa shape index (κ1) is 25.2. The molecule has 0 N–H and O–H groups in total. The molecule has 7 nitrogen and oxygen atoms in total. The van der Waals surface area contributed by atoms with E-state index in [0.29, 0.717) is 44.8 Å². The predicted molar refractivity (Wildman–Crippen MR) is 150 cm³/mol. The molecule has 0 aliphatic heterocycles. The van der Waals surface area contributed by atoms with Gasteiger partial charge in [-0.2, -0.15) is 0 Å². The SMILES string of the molecule is O=c1c2ccccc2nc(/C=C/c2ccc(OCc3ccc(Cl)c(Cl)c3)cc2)n1-c1cccc([N+](=O)[O-])c1. The van der Waals surface area contributed by atoms with Crippen LogP contribution >= 0.6 is 23.2 Å². The van der Waals surface area contributed by atoms with Gasteiger partial charge >= 0.3 is 0 Å². The molecule has 0 aliphatic rings. The lowest BCUT2D eigenvalue weighted by Gasteiger charge is -2.11. The van der Waals surface area contributed by atoms with Crippen molar-refractivity contribution in [3.8, 4) is 11.4 Å². The Hall–Kier alpha value is -4.46. The van der Waals surface area contributed by atoms with Crippen molar-refractivity contribution in [2.75, 3.05) is 0 Å². The van der Waals surface area contributed by atoms with Crippen molar-refractivity contribution < 1.29 is 9.66 Å². The molecule has 188 valence electrons. The maximum atomic E-state index is 13.4. The summed E-state index contributed by atoms with van der Waals surface area (Å²) in [6, 6.07) is 25.7. The van der Waals surface area contributed by atoms with Gasteiger partial charge in [-0.3, -0.25) is 19.5 Å². The number of rotatable bonds is 7. The van der Waals surface area contributed by atoms with Crippen molar-refractivity contribution in [3.05, 3.63) is 138 Å². The van der Waals surface area contributed by atoms with E-state index in [1.54, 1.807) is 54.6 Å². The van der Waals surface area contributed by atoms with Crippen LogP contribution in [-0.4, -0.2) is 14.5 Å². The average Bonchev–Trinajstić information content (AvgIpc) is 2.93. The number of halogens is 2. The number of non-ortho nitro benzene ring substituents is 1. The van der Waals surface area contributed by atoms with Crippen LogP contribution in [-0.2, 0) is 6.61 Å². The van der Waals surface area contributed by atoms with Crippen molar-refractivity contribution in [3.63, 3.8) is 0 Å². The van der Waals surface area contributed by atoms with Crippen molar-refractivity contribution in [1.29, 1.82) is 0 Å².